The second-order valence-electron chi connectivity index (χ2n) is 6.76. The summed E-state index contributed by atoms with van der Waals surface area (Å²) in [7, 11) is 0. The molecule has 0 aliphatic carbocycles. The minimum Gasteiger partial charge on any atom is -0.490 e. The molecule has 0 saturated carbocycles. The average molecular weight is 439 g/mol. The number of nitrogens with zero attached hydrogens (tertiary/aromatic N) is 4. The first-order chi connectivity index (χ1) is 15.6. The molecule has 156 valence electrons. The molecule has 2 aromatic carbocycles. The number of hydrogen-bond acceptors (Lipinski definition) is 7. The number of imidazole rings is 1. The Balaban J connectivity index is 1.71. The van der Waals surface area contributed by atoms with E-state index < -0.39 is 0 Å². The highest BCUT2D eigenvalue weighted by atomic mass is 32.2. The summed E-state index contributed by atoms with van der Waals surface area (Å²) < 4.78 is 5.52. The molecule has 2 heterocycles. The second kappa shape index (κ2) is 9.25. The van der Waals surface area contributed by atoms with Gasteiger partial charge in [-0.2, -0.15) is 10.5 Å². The van der Waals surface area contributed by atoms with Crippen molar-refractivity contribution >= 4 is 28.6 Å². The molecule has 2 aromatic heterocycles. The fourth-order valence-corrected chi connectivity index (χ4v) is 4.14. The summed E-state index contributed by atoms with van der Waals surface area (Å²) in [5, 5.41) is 20.1. The molecule has 0 atom stereocenters. The number of para-hydroxylation sites is 2. The lowest BCUT2D eigenvalue weighted by Crippen LogP contribution is -2.03. The highest BCUT2D eigenvalue weighted by molar-refractivity contribution is 7.98. The molecule has 0 fully saturated rings. The molecule has 0 aliphatic heterocycles. The van der Waals surface area contributed by atoms with Gasteiger partial charge in [-0.1, -0.05) is 48.7 Å². The standard InChI is InChI=1S/C24H18N6OS/c1-2-11-31-16-9-7-15(8-10-16)22-17(12-25)23(27)30-24(18(22)13-26)32-14-21-28-19-5-3-4-6-20(19)29-21/h2-10H,1,11,14H2,(H2,27,30)(H,28,29). The summed E-state index contributed by atoms with van der Waals surface area (Å²) >= 11 is 1.34. The van der Waals surface area contributed by atoms with Crippen LogP contribution in [-0.2, 0) is 5.75 Å². The molecule has 0 unspecified atom stereocenters. The topological polar surface area (TPSA) is 124 Å². The van der Waals surface area contributed by atoms with Gasteiger partial charge in [-0.3, -0.25) is 0 Å². The van der Waals surface area contributed by atoms with E-state index in [2.05, 4.69) is 33.7 Å². The second-order valence-corrected chi connectivity index (χ2v) is 7.73. The highest BCUT2D eigenvalue weighted by Crippen LogP contribution is 2.37. The van der Waals surface area contributed by atoms with Gasteiger partial charge in [0.15, 0.2) is 0 Å². The number of ether oxygens (including phenoxy) is 1. The lowest BCUT2D eigenvalue weighted by Gasteiger charge is -2.13. The summed E-state index contributed by atoms with van der Waals surface area (Å²) in [5.74, 6) is 1.97. The Labute approximate surface area is 189 Å². The van der Waals surface area contributed by atoms with Gasteiger partial charge >= 0.3 is 0 Å². The first-order valence-electron chi connectivity index (χ1n) is 9.68. The molecule has 0 aliphatic rings. The lowest BCUT2D eigenvalue weighted by atomic mass is 9.97. The fourth-order valence-electron chi connectivity index (χ4n) is 3.27. The number of thioether (sulfide) groups is 1. The summed E-state index contributed by atoms with van der Waals surface area (Å²) in [4.78, 5) is 12.2. The number of pyridine rings is 1. The zero-order valence-corrected chi connectivity index (χ0v) is 17.8. The van der Waals surface area contributed by atoms with E-state index in [0.29, 0.717) is 39.8 Å². The Bertz CT molecular complexity index is 1350. The molecule has 32 heavy (non-hydrogen) atoms. The number of aromatic nitrogens is 3. The van der Waals surface area contributed by atoms with Gasteiger partial charge in [0, 0.05) is 5.56 Å². The largest absolute Gasteiger partial charge is 0.490 e. The molecule has 0 radical (unpaired) electrons. The van der Waals surface area contributed by atoms with Crippen LogP contribution in [0.25, 0.3) is 22.2 Å². The molecule has 7 nitrogen and oxygen atoms in total. The molecule has 3 N–H and O–H groups in total. The van der Waals surface area contributed by atoms with Crippen molar-refractivity contribution < 1.29 is 4.74 Å². The quantitative estimate of drug-likeness (QED) is 0.313. The minimum atomic E-state index is 0.0839. The predicted molar refractivity (Wildman–Crippen MR) is 125 cm³/mol. The Hall–Kier alpha value is -4.27. The van der Waals surface area contributed by atoms with E-state index in [1.807, 2.05) is 24.3 Å². The third-order valence-corrected chi connectivity index (χ3v) is 5.70. The number of hydrogen-bond donors (Lipinski definition) is 2. The SMILES string of the molecule is C=CCOc1ccc(-c2c(C#N)c(N)nc(SCc3nc4ccccc4[nH]3)c2C#N)cc1. The maximum atomic E-state index is 9.94. The highest BCUT2D eigenvalue weighted by Gasteiger charge is 2.21. The van der Waals surface area contributed by atoms with E-state index in [9.17, 15) is 10.5 Å². The Morgan fingerprint density at radius 3 is 2.50 bits per heavy atom. The summed E-state index contributed by atoms with van der Waals surface area (Å²) in [6, 6.07) is 19.2. The molecule has 0 amide bonds. The van der Waals surface area contributed by atoms with Crippen molar-refractivity contribution in [1.29, 1.82) is 10.5 Å². The summed E-state index contributed by atoms with van der Waals surface area (Å²) in [6.45, 7) is 4.02. The van der Waals surface area contributed by atoms with E-state index in [0.717, 1.165) is 16.9 Å². The molecule has 0 saturated heterocycles. The monoisotopic (exact) mass is 438 g/mol. The molecule has 0 bridgehead atoms. The van der Waals surface area contributed by atoms with Gasteiger partial charge in [-0.15, -0.1) is 0 Å². The molecular weight excluding hydrogens is 420 g/mol. The number of nitrogen functional groups attached to an aromatic ring is 1. The average Bonchev–Trinajstić information content (AvgIpc) is 3.24. The van der Waals surface area contributed by atoms with Crippen molar-refractivity contribution in [2.45, 2.75) is 10.8 Å². The molecule has 4 rings (SSSR count). The summed E-state index contributed by atoms with van der Waals surface area (Å²) in [6.07, 6.45) is 1.66. The Morgan fingerprint density at radius 2 is 1.81 bits per heavy atom. The van der Waals surface area contributed by atoms with Crippen molar-refractivity contribution in [3.05, 3.63) is 78.1 Å². The fraction of sp³-hybridized carbons (Fsp3) is 0.0833. The number of H-pyrrole nitrogens is 1. The van der Waals surface area contributed by atoms with Crippen molar-refractivity contribution in [3.8, 4) is 29.0 Å². The number of benzene rings is 2. The molecule has 4 aromatic rings. The zero-order valence-electron chi connectivity index (χ0n) is 17.0. The predicted octanol–water partition coefficient (Wildman–Crippen LogP) is 4.81. The van der Waals surface area contributed by atoms with Gasteiger partial charge in [0.2, 0.25) is 0 Å². The number of nitrogens with two attached hydrogens (primary N) is 1. The Morgan fingerprint density at radius 1 is 1.06 bits per heavy atom. The van der Waals surface area contributed by atoms with E-state index >= 15 is 0 Å². The van der Waals surface area contributed by atoms with Crippen LogP contribution in [0.1, 0.15) is 17.0 Å². The minimum absolute atomic E-state index is 0.0839. The van der Waals surface area contributed by atoms with Crippen LogP contribution in [0.4, 0.5) is 5.82 Å². The van der Waals surface area contributed by atoms with Gasteiger partial charge in [0.05, 0.1) is 22.3 Å². The maximum Gasteiger partial charge on any atom is 0.143 e. The summed E-state index contributed by atoms with van der Waals surface area (Å²) in [5.41, 5.74) is 9.54. The molecule has 8 heteroatoms. The molecule has 0 spiro atoms. The van der Waals surface area contributed by atoms with Gasteiger partial charge < -0.3 is 15.5 Å². The van der Waals surface area contributed by atoms with Crippen LogP contribution in [0.2, 0.25) is 0 Å². The van der Waals surface area contributed by atoms with Crippen LogP contribution >= 0.6 is 11.8 Å². The number of fused-ring (bicyclic) bond motifs is 1. The van der Waals surface area contributed by atoms with Gasteiger partial charge in [0.25, 0.3) is 0 Å². The van der Waals surface area contributed by atoms with Crippen molar-refractivity contribution in [3.63, 3.8) is 0 Å². The number of rotatable bonds is 7. The van der Waals surface area contributed by atoms with Crippen LogP contribution in [0.15, 0.2) is 66.2 Å². The van der Waals surface area contributed by atoms with E-state index in [1.165, 1.54) is 11.8 Å². The van der Waals surface area contributed by atoms with Crippen LogP contribution in [0.3, 0.4) is 0 Å². The number of nitriles is 2. The first-order valence-corrected chi connectivity index (χ1v) is 10.7. The van der Waals surface area contributed by atoms with E-state index in [1.54, 1.807) is 30.3 Å². The van der Waals surface area contributed by atoms with Crippen LogP contribution < -0.4 is 10.5 Å². The smallest absolute Gasteiger partial charge is 0.143 e. The van der Waals surface area contributed by atoms with E-state index in [-0.39, 0.29) is 11.4 Å². The first kappa shape index (κ1) is 21.0. The Kier molecular flexibility index (Phi) is 6.07. The van der Waals surface area contributed by atoms with Crippen molar-refractivity contribution in [1.82, 2.24) is 15.0 Å². The molecular formula is C24H18N6OS. The van der Waals surface area contributed by atoms with Crippen LogP contribution in [0.5, 0.6) is 5.75 Å². The van der Waals surface area contributed by atoms with Gasteiger partial charge in [-0.25, -0.2) is 9.97 Å². The van der Waals surface area contributed by atoms with Crippen molar-refractivity contribution in [2.24, 2.45) is 0 Å². The maximum absolute atomic E-state index is 9.94. The third kappa shape index (κ3) is 4.13. The van der Waals surface area contributed by atoms with E-state index in [4.69, 9.17) is 10.5 Å². The number of anilines is 1. The number of aromatic amines is 1. The van der Waals surface area contributed by atoms with Crippen molar-refractivity contribution in [2.75, 3.05) is 12.3 Å². The van der Waals surface area contributed by atoms with Gasteiger partial charge in [0.1, 0.15) is 46.7 Å². The normalized spacial score (nSPS) is 10.4. The third-order valence-electron chi connectivity index (χ3n) is 4.71. The van der Waals surface area contributed by atoms with Crippen LogP contribution in [0, 0.1) is 22.7 Å². The number of nitrogens with one attached hydrogen (secondary N) is 1. The lowest BCUT2D eigenvalue weighted by molar-refractivity contribution is 0.363. The zero-order chi connectivity index (χ0) is 22.5. The van der Waals surface area contributed by atoms with Crippen LogP contribution in [-0.4, -0.2) is 21.6 Å². The van der Waals surface area contributed by atoms with Gasteiger partial charge in [-0.05, 0) is 29.8 Å².